The molecule has 7 nitrogen and oxygen atoms in total. The highest BCUT2D eigenvalue weighted by Crippen LogP contribution is 2.02. The zero-order valence-corrected chi connectivity index (χ0v) is 8.78. The van der Waals surface area contributed by atoms with Crippen molar-refractivity contribution in [2.45, 2.75) is 0 Å². The van der Waals surface area contributed by atoms with E-state index in [0.717, 1.165) is 4.80 Å². The van der Waals surface area contributed by atoms with Crippen LogP contribution in [0, 0.1) is 0 Å². The predicted molar refractivity (Wildman–Crippen MR) is 60.6 cm³/mol. The fraction of sp³-hybridized carbons (Fsp3) is 0. The minimum Gasteiger partial charge on any atom is -0.465 e. The molecule has 0 aliphatic carbocycles. The first-order valence-electron chi connectivity index (χ1n) is 4.72. The molecule has 2 heterocycles. The molecule has 17 heavy (non-hydrogen) atoms. The van der Waals surface area contributed by atoms with Gasteiger partial charge in [-0.1, -0.05) is 11.7 Å². The Balaban J connectivity index is 1.95. The lowest BCUT2D eigenvalue weighted by Gasteiger charge is -1.92. The van der Waals surface area contributed by atoms with E-state index in [1.165, 1.54) is 24.6 Å². The molecule has 0 atom stereocenters. The number of furan rings is 1. The van der Waals surface area contributed by atoms with Crippen molar-refractivity contribution in [2.75, 3.05) is 5.32 Å². The van der Waals surface area contributed by atoms with Crippen LogP contribution in [-0.2, 0) is 4.79 Å². The minimum atomic E-state index is -0.370. The Morgan fingerprint density at radius 1 is 1.59 bits per heavy atom. The van der Waals surface area contributed by atoms with E-state index in [1.54, 1.807) is 12.1 Å². The summed E-state index contributed by atoms with van der Waals surface area (Å²) in [6, 6.07) is 3.46. The standard InChI is InChI=1S/C10H9N5O2/c1-2-15-13-10(12-14-15)11-9(16)6-5-8-4-3-7-17-8/h2-7H,1H2,(H,11,13,16)/b6-5+. The number of amides is 1. The molecule has 1 amide bonds. The zero-order valence-electron chi connectivity index (χ0n) is 8.78. The van der Waals surface area contributed by atoms with E-state index in [2.05, 4.69) is 27.3 Å². The normalized spacial score (nSPS) is 10.6. The van der Waals surface area contributed by atoms with Gasteiger partial charge in [-0.15, -0.1) is 9.90 Å². The van der Waals surface area contributed by atoms with Crippen LogP contribution in [0.5, 0.6) is 0 Å². The van der Waals surface area contributed by atoms with Crippen molar-refractivity contribution in [1.82, 2.24) is 20.2 Å². The van der Waals surface area contributed by atoms with Crippen molar-refractivity contribution < 1.29 is 9.21 Å². The summed E-state index contributed by atoms with van der Waals surface area (Å²) in [5.74, 6) is 0.326. The molecule has 0 spiro atoms. The number of tetrazole rings is 1. The first-order chi connectivity index (χ1) is 8.28. The Kier molecular flexibility index (Phi) is 3.10. The summed E-state index contributed by atoms with van der Waals surface area (Å²) in [7, 11) is 0. The Morgan fingerprint density at radius 2 is 2.47 bits per heavy atom. The quantitative estimate of drug-likeness (QED) is 0.794. The summed E-state index contributed by atoms with van der Waals surface area (Å²) in [6.45, 7) is 3.45. The van der Waals surface area contributed by atoms with E-state index >= 15 is 0 Å². The lowest BCUT2D eigenvalue weighted by Crippen LogP contribution is -2.09. The van der Waals surface area contributed by atoms with Gasteiger partial charge in [0.1, 0.15) is 5.76 Å². The molecular weight excluding hydrogens is 222 g/mol. The minimum absolute atomic E-state index is 0.110. The lowest BCUT2D eigenvalue weighted by molar-refractivity contribution is -0.111. The summed E-state index contributed by atoms with van der Waals surface area (Å²) in [5.41, 5.74) is 0. The predicted octanol–water partition coefficient (Wildman–Crippen LogP) is 1.02. The molecular formula is C10H9N5O2. The van der Waals surface area contributed by atoms with Gasteiger partial charge in [0.2, 0.25) is 0 Å². The molecule has 0 aliphatic heterocycles. The van der Waals surface area contributed by atoms with E-state index in [4.69, 9.17) is 4.42 Å². The fourth-order valence-corrected chi connectivity index (χ4v) is 1.05. The third kappa shape index (κ3) is 2.88. The van der Waals surface area contributed by atoms with Gasteiger partial charge in [-0.25, -0.2) is 0 Å². The average Bonchev–Trinajstić information content (AvgIpc) is 2.97. The molecule has 2 aromatic rings. The van der Waals surface area contributed by atoms with Gasteiger partial charge in [-0.2, -0.15) is 0 Å². The molecule has 2 aromatic heterocycles. The number of carbonyl (C=O) groups excluding carboxylic acids is 1. The number of nitrogens with one attached hydrogen (secondary N) is 1. The third-order valence-corrected chi connectivity index (χ3v) is 1.77. The van der Waals surface area contributed by atoms with Gasteiger partial charge in [0.05, 0.1) is 6.26 Å². The summed E-state index contributed by atoms with van der Waals surface area (Å²) in [6.07, 6.45) is 5.73. The second-order valence-corrected chi connectivity index (χ2v) is 2.95. The second kappa shape index (κ2) is 4.88. The first-order valence-corrected chi connectivity index (χ1v) is 4.72. The first kappa shape index (κ1) is 10.8. The van der Waals surface area contributed by atoms with Gasteiger partial charge in [-0.05, 0) is 23.4 Å². The molecule has 7 heteroatoms. The number of nitrogens with zero attached hydrogens (tertiary/aromatic N) is 4. The monoisotopic (exact) mass is 231 g/mol. The van der Waals surface area contributed by atoms with Crippen LogP contribution in [0.4, 0.5) is 5.95 Å². The van der Waals surface area contributed by atoms with Crippen LogP contribution in [0.2, 0.25) is 0 Å². The van der Waals surface area contributed by atoms with Crippen molar-refractivity contribution in [3.63, 3.8) is 0 Å². The summed E-state index contributed by atoms with van der Waals surface area (Å²) in [4.78, 5) is 12.6. The topological polar surface area (TPSA) is 85.8 Å². The smallest absolute Gasteiger partial charge is 0.270 e. The van der Waals surface area contributed by atoms with Gasteiger partial charge >= 0.3 is 0 Å². The van der Waals surface area contributed by atoms with Crippen LogP contribution in [0.3, 0.4) is 0 Å². The van der Waals surface area contributed by atoms with Crippen LogP contribution in [0.1, 0.15) is 5.76 Å². The molecule has 2 rings (SSSR count). The Hall–Kier alpha value is -2.70. The van der Waals surface area contributed by atoms with Gasteiger partial charge in [0.15, 0.2) is 0 Å². The van der Waals surface area contributed by atoms with E-state index in [-0.39, 0.29) is 11.9 Å². The second-order valence-electron chi connectivity index (χ2n) is 2.95. The molecule has 0 aliphatic rings. The highest BCUT2D eigenvalue weighted by Gasteiger charge is 2.03. The Morgan fingerprint density at radius 3 is 3.12 bits per heavy atom. The molecule has 0 aromatic carbocycles. The van der Waals surface area contributed by atoms with Crippen molar-refractivity contribution in [2.24, 2.45) is 0 Å². The number of anilines is 1. The molecule has 0 bridgehead atoms. The van der Waals surface area contributed by atoms with Gasteiger partial charge < -0.3 is 4.42 Å². The number of hydrogen-bond acceptors (Lipinski definition) is 5. The largest absolute Gasteiger partial charge is 0.465 e. The lowest BCUT2D eigenvalue weighted by atomic mass is 10.4. The average molecular weight is 231 g/mol. The maximum atomic E-state index is 11.4. The number of carbonyl (C=O) groups is 1. The molecule has 0 saturated heterocycles. The molecule has 0 saturated carbocycles. The third-order valence-electron chi connectivity index (χ3n) is 1.77. The van der Waals surface area contributed by atoms with Crippen molar-refractivity contribution in [3.05, 3.63) is 36.8 Å². The Labute approximate surface area is 96.4 Å². The zero-order chi connectivity index (χ0) is 12.1. The van der Waals surface area contributed by atoms with Crippen LogP contribution in [-0.4, -0.2) is 26.1 Å². The Bertz CT molecular complexity index is 541. The van der Waals surface area contributed by atoms with E-state index in [9.17, 15) is 4.79 Å². The number of hydrogen-bond donors (Lipinski definition) is 1. The van der Waals surface area contributed by atoms with Crippen LogP contribution in [0.25, 0.3) is 12.3 Å². The summed E-state index contributed by atoms with van der Waals surface area (Å²) >= 11 is 0. The molecule has 1 N–H and O–H groups in total. The SMILES string of the molecule is C=Cn1nnc(NC(=O)/C=C/c2ccco2)n1. The molecule has 86 valence electrons. The van der Waals surface area contributed by atoms with Gasteiger partial charge in [-0.3, -0.25) is 10.1 Å². The molecule has 0 fully saturated rings. The van der Waals surface area contributed by atoms with Crippen LogP contribution in [0.15, 0.2) is 35.5 Å². The van der Waals surface area contributed by atoms with Gasteiger partial charge in [0.25, 0.3) is 11.9 Å². The molecule has 0 radical (unpaired) electrons. The van der Waals surface area contributed by atoms with Crippen molar-refractivity contribution >= 4 is 24.1 Å². The van der Waals surface area contributed by atoms with Crippen LogP contribution >= 0.6 is 0 Å². The number of rotatable bonds is 4. The highest BCUT2D eigenvalue weighted by atomic mass is 16.3. The maximum Gasteiger partial charge on any atom is 0.270 e. The molecule has 0 unspecified atom stereocenters. The summed E-state index contributed by atoms with van der Waals surface area (Å²) in [5, 5.41) is 13.4. The summed E-state index contributed by atoms with van der Waals surface area (Å²) < 4.78 is 5.03. The van der Waals surface area contributed by atoms with Crippen molar-refractivity contribution in [1.29, 1.82) is 0 Å². The number of aromatic nitrogens is 4. The maximum absolute atomic E-state index is 11.4. The van der Waals surface area contributed by atoms with E-state index in [0.29, 0.717) is 5.76 Å². The van der Waals surface area contributed by atoms with Crippen LogP contribution < -0.4 is 5.32 Å². The van der Waals surface area contributed by atoms with Gasteiger partial charge in [0, 0.05) is 12.3 Å². The van der Waals surface area contributed by atoms with E-state index < -0.39 is 0 Å². The highest BCUT2D eigenvalue weighted by molar-refractivity contribution is 6.00. The van der Waals surface area contributed by atoms with E-state index in [1.807, 2.05) is 0 Å². The fourth-order valence-electron chi connectivity index (χ4n) is 1.05. The van der Waals surface area contributed by atoms with Crippen molar-refractivity contribution in [3.8, 4) is 0 Å².